The molecular formula is C19H20Cl2N2O. The van der Waals surface area contributed by atoms with Crippen molar-refractivity contribution >= 4 is 28.9 Å². The first kappa shape index (κ1) is 16.1. The zero-order valence-corrected chi connectivity index (χ0v) is 14.9. The fourth-order valence-corrected chi connectivity index (χ4v) is 4.24. The molecule has 0 N–H and O–H groups in total. The number of nitrogens with zero attached hydrogens (tertiary/aromatic N) is 2. The molecule has 5 heteroatoms. The first-order valence-corrected chi connectivity index (χ1v) is 9.14. The summed E-state index contributed by atoms with van der Waals surface area (Å²) in [6.07, 6.45) is 1.05. The van der Waals surface area contributed by atoms with Gasteiger partial charge >= 0.3 is 0 Å². The molecule has 2 aromatic rings. The van der Waals surface area contributed by atoms with E-state index < -0.39 is 0 Å². The summed E-state index contributed by atoms with van der Waals surface area (Å²) in [5.41, 5.74) is 2.40. The Kier molecular flexibility index (Phi) is 4.57. The molecule has 4 rings (SSSR count). The van der Waals surface area contributed by atoms with Gasteiger partial charge in [-0.05, 0) is 24.3 Å². The SMILES string of the molecule is Clc1ccc(N2CCN(C3CCOc4ccccc43)CC2)c(Cl)c1. The fourth-order valence-electron chi connectivity index (χ4n) is 3.71. The normalized spacial score (nSPS) is 21.2. The van der Waals surface area contributed by atoms with E-state index in [-0.39, 0.29) is 0 Å². The molecule has 126 valence electrons. The molecule has 0 spiro atoms. The highest BCUT2D eigenvalue weighted by atomic mass is 35.5. The second kappa shape index (κ2) is 6.83. The number of halogens is 2. The number of para-hydroxylation sites is 1. The summed E-state index contributed by atoms with van der Waals surface area (Å²) in [6.45, 7) is 4.79. The van der Waals surface area contributed by atoms with Gasteiger partial charge in [0.25, 0.3) is 0 Å². The molecule has 0 radical (unpaired) electrons. The van der Waals surface area contributed by atoms with E-state index in [2.05, 4.69) is 28.0 Å². The maximum atomic E-state index is 6.36. The first-order valence-electron chi connectivity index (χ1n) is 8.38. The summed E-state index contributed by atoms with van der Waals surface area (Å²) in [6, 6.07) is 14.6. The molecule has 1 unspecified atom stereocenters. The molecule has 0 amide bonds. The lowest BCUT2D eigenvalue weighted by atomic mass is 9.98. The van der Waals surface area contributed by atoms with Gasteiger partial charge in [-0.3, -0.25) is 4.90 Å². The Labute approximate surface area is 152 Å². The molecule has 2 aromatic carbocycles. The zero-order valence-electron chi connectivity index (χ0n) is 13.4. The average Bonchev–Trinajstić information content (AvgIpc) is 2.62. The van der Waals surface area contributed by atoms with Crippen molar-refractivity contribution in [3.05, 3.63) is 58.1 Å². The molecule has 24 heavy (non-hydrogen) atoms. The van der Waals surface area contributed by atoms with Gasteiger partial charge in [0.15, 0.2) is 0 Å². The van der Waals surface area contributed by atoms with E-state index in [1.165, 1.54) is 5.56 Å². The molecule has 0 bridgehead atoms. The number of ether oxygens (including phenoxy) is 1. The number of rotatable bonds is 2. The van der Waals surface area contributed by atoms with E-state index >= 15 is 0 Å². The molecule has 2 aliphatic rings. The monoisotopic (exact) mass is 362 g/mol. The summed E-state index contributed by atoms with van der Waals surface area (Å²) < 4.78 is 5.79. The van der Waals surface area contributed by atoms with Gasteiger partial charge in [0, 0.05) is 49.2 Å². The quantitative estimate of drug-likeness (QED) is 0.773. The number of hydrogen-bond donors (Lipinski definition) is 0. The number of anilines is 1. The molecule has 3 nitrogen and oxygen atoms in total. The Balaban J connectivity index is 1.47. The standard InChI is InChI=1S/C19H20Cl2N2O/c20-14-5-6-18(16(21)13-14)23-10-8-22(9-11-23)17-7-12-24-19-4-2-1-3-15(17)19/h1-6,13,17H,7-12H2. The van der Waals surface area contributed by atoms with Crippen LogP contribution in [0, 0.1) is 0 Å². The van der Waals surface area contributed by atoms with Crippen LogP contribution in [0.25, 0.3) is 0 Å². The largest absolute Gasteiger partial charge is 0.493 e. The third-order valence-corrected chi connectivity index (χ3v) is 5.47. The Morgan fingerprint density at radius 3 is 2.54 bits per heavy atom. The maximum Gasteiger partial charge on any atom is 0.124 e. The lowest BCUT2D eigenvalue weighted by molar-refractivity contribution is 0.133. The lowest BCUT2D eigenvalue weighted by Gasteiger charge is -2.42. The number of hydrogen-bond acceptors (Lipinski definition) is 3. The minimum Gasteiger partial charge on any atom is -0.493 e. The Morgan fingerprint density at radius 2 is 1.75 bits per heavy atom. The van der Waals surface area contributed by atoms with Crippen LogP contribution in [0.5, 0.6) is 5.75 Å². The predicted molar refractivity (Wildman–Crippen MR) is 99.5 cm³/mol. The highest BCUT2D eigenvalue weighted by molar-refractivity contribution is 6.36. The summed E-state index contributed by atoms with van der Waals surface area (Å²) in [5.74, 6) is 1.04. The lowest BCUT2D eigenvalue weighted by Crippen LogP contribution is -2.48. The van der Waals surface area contributed by atoms with E-state index in [1.807, 2.05) is 24.3 Å². The molecule has 1 atom stereocenters. The van der Waals surface area contributed by atoms with Crippen molar-refractivity contribution in [2.75, 3.05) is 37.7 Å². The number of benzene rings is 2. The smallest absolute Gasteiger partial charge is 0.124 e. The van der Waals surface area contributed by atoms with Crippen molar-refractivity contribution in [2.24, 2.45) is 0 Å². The van der Waals surface area contributed by atoms with Gasteiger partial charge < -0.3 is 9.64 Å². The van der Waals surface area contributed by atoms with E-state index in [0.29, 0.717) is 11.1 Å². The van der Waals surface area contributed by atoms with Crippen molar-refractivity contribution in [1.29, 1.82) is 0 Å². The third kappa shape index (κ3) is 3.08. The number of piperazine rings is 1. The van der Waals surface area contributed by atoms with Gasteiger partial charge in [-0.2, -0.15) is 0 Å². The molecule has 1 fully saturated rings. The molecule has 0 saturated carbocycles. The van der Waals surface area contributed by atoms with Crippen LogP contribution in [-0.4, -0.2) is 37.7 Å². The highest BCUT2D eigenvalue weighted by Gasteiger charge is 2.29. The molecule has 0 aromatic heterocycles. The van der Waals surface area contributed by atoms with Crippen LogP contribution in [0.3, 0.4) is 0 Å². The summed E-state index contributed by atoms with van der Waals surface area (Å²) in [4.78, 5) is 4.92. The Hall–Kier alpha value is -1.42. The first-order chi connectivity index (χ1) is 11.7. The van der Waals surface area contributed by atoms with Crippen molar-refractivity contribution in [1.82, 2.24) is 4.90 Å². The maximum absolute atomic E-state index is 6.36. The zero-order chi connectivity index (χ0) is 16.5. The number of fused-ring (bicyclic) bond motifs is 1. The summed E-state index contributed by atoms with van der Waals surface area (Å²) >= 11 is 12.4. The highest BCUT2D eigenvalue weighted by Crippen LogP contribution is 2.37. The van der Waals surface area contributed by atoms with E-state index in [0.717, 1.165) is 55.7 Å². The second-order valence-electron chi connectivity index (χ2n) is 6.31. The van der Waals surface area contributed by atoms with Crippen molar-refractivity contribution in [3.8, 4) is 5.75 Å². The van der Waals surface area contributed by atoms with Gasteiger partial charge in [-0.25, -0.2) is 0 Å². The molecule has 2 heterocycles. The molecule has 0 aliphatic carbocycles. The van der Waals surface area contributed by atoms with E-state index in [1.54, 1.807) is 0 Å². The van der Waals surface area contributed by atoms with Crippen molar-refractivity contribution in [2.45, 2.75) is 12.5 Å². The van der Waals surface area contributed by atoms with Gasteiger partial charge in [-0.1, -0.05) is 41.4 Å². The van der Waals surface area contributed by atoms with Crippen LogP contribution in [0.1, 0.15) is 18.0 Å². The van der Waals surface area contributed by atoms with Gasteiger partial charge in [0.05, 0.1) is 17.3 Å². The predicted octanol–water partition coefficient (Wildman–Crippen LogP) is 4.64. The summed E-state index contributed by atoms with van der Waals surface area (Å²) in [5, 5.41) is 1.41. The van der Waals surface area contributed by atoms with Gasteiger partial charge in [0.1, 0.15) is 5.75 Å². The minimum absolute atomic E-state index is 0.456. The van der Waals surface area contributed by atoms with E-state index in [4.69, 9.17) is 27.9 Å². The van der Waals surface area contributed by atoms with Gasteiger partial charge in [-0.15, -0.1) is 0 Å². The third-order valence-electron chi connectivity index (χ3n) is 4.93. The Bertz CT molecular complexity index is 729. The van der Waals surface area contributed by atoms with Crippen LogP contribution in [0.2, 0.25) is 10.0 Å². The molecular weight excluding hydrogens is 343 g/mol. The van der Waals surface area contributed by atoms with Crippen molar-refractivity contribution in [3.63, 3.8) is 0 Å². The minimum atomic E-state index is 0.456. The van der Waals surface area contributed by atoms with Crippen LogP contribution in [0.4, 0.5) is 5.69 Å². The van der Waals surface area contributed by atoms with Crippen molar-refractivity contribution < 1.29 is 4.74 Å². The van der Waals surface area contributed by atoms with E-state index in [9.17, 15) is 0 Å². The molecule has 1 saturated heterocycles. The van der Waals surface area contributed by atoms with Crippen LogP contribution < -0.4 is 9.64 Å². The van der Waals surface area contributed by atoms with Gasteiger partial charge in [0.2, 0.25) is 0 Å². The van der Waals surface area contributed by atoms with Crippen LogP contribution in [0.15, 0.2) is 42.5 Å². The fraction of sp³-hybridized carbons (Fsp3) is 0.368. The summed E-state index contributed by atoms with van der Waals surface area (Å²) in [7, 11) is 0. The topological polar surface area (TPSA) is 15.7 Å². The Morgan fingerprint density at radius 1 is 0.958 bits per heavy atom. The average molecular weight is 363 g/mol. The van der Waals surface area contributed by atoms with Crippen LogP contribution in [-0.2, 0) is 0 Å². The molecule has 2 aliphatic heterocycles. The second-order valence-corrected chi connectivity index (χ2v) is 7.15. The van der Waals surface area contributed by atoms with Crippen LogP contribution >= 0.6 is 23.2 Å².